The van der Waals surface area contributed by atoms with Crippen molar-refractivity contribution in [2.75, 3.05) is 0 Å². The number of halogens is 5. The number of carbonyl (C=O) groups excluding carboxylic acids is 1. The number of rotatable bonds is 3. The molecule has 1 aromatic carbocycles. The molecule has 1 nitrogen and oxygen atoms in total. The number of hydrogen-bond acceptors (Lipinski definition) is 1. The van der Waals surface area contributed by atoms with Crippen molar-refractivity contribution in [3.8, 4) is 0 Å². The van der Waals surface area contributed by atoms with E-state index in [0.29, 0.717) is 12.1 Å². The molecule has 0 atom stereocenters. The lowest BCUT2D eigenvalue weighted by molar-refractivity contribution is -0.140. The molecule has 0 saturated heterocycles. The topological polar surface area (TPSA) is 17.1 Å². The van der Waals surface area contributed by atoms with Gasteiger partial charge in [-0.3, -0.25) is 4.79 Å². The summed E-state index contributed by atoms with van der Waals surface area (Å²) in [6.07, 6.45) is -5.39. The van der Waals surface area contributed by atoms with Gasteiger partial charge in [0.15, 0.2) is 5.78 Å². The summed E-state index contributed by atoms with van der Waals surface area (Å²) in [5, 5.41) is 0. The molecule has 0 aromatic heterocycles. The van der Waals surface area contributed by atoms with Crippen molar-refractivity contribution >= 4 is 5.78 Å². The van der Waals surface area contributed by atoms with Crippen LogP contribution in [-0.4, -0.2) is 11.7 Å². The maximum Gasteiger partial charge on any atom is 0.416 e. The third-order valence-electron chi connectivity index (χ3n) is 2.22. The molecule has 0 radical (unpaired) electrons. The summed E-state index contributed by atoms with van der Waals surface area (Å²) >= 11 is 0. The van der Waals surface area contributed by atoms with Gasteiger partial charge in [-0.15, -0.1) is 0 Å². The standard InChI is InChI=1S/C11H9F5O/c1-7(17)10(12,13)6-8-2-4-9(5-3-8)11(14,15)16/h2-5H,6H2,1H3. The molecular weight excluding hydrogens is 243 g/mol. The van der Waals surface area contributed by atoms with Crippen LogP contribution < -0.4 is 0 Å². The van der Waals surface area contributed by atoms with E-state index in [0.717, 1.165) is 19.1 Å². The Morgan fingerprint density at radius 3 is 1.88 bits per heavy atom. The minimum atomic E-state index is -4.50. The van der Waals surface area contributed by atoms with Gasteiger partial charge in [-0.05, 0) is 17.7 Å². The van der Waals surface area contributed by atoms with Crippen LogP contribution in [0.4, 0.5) is 22.0 Å². The summed E-state index contributed by atoms with van der Waals surface area (Å²) in [6, 6.07) is 3.32. The zero-order chi connectivity index (χ0) is 13.3. The first-order chi connectivity index (χ1) is 7.63. The predicted molar refractivity (Wildman–Crippen MR) is 50.8 cm³/mol. The number of benzene rings is 1. The van der Waals surface area contributed by atoms with Crippen LogP contribution in [0.15, 0.2) is 24.3 Å². The Morgan fingerprint density at radius 1 is 1.06 bits per heavy atom. The second-order valence-corrected chi connectivity index (χ2v) is 3.63. The molecule has 0 aliphatic rings. The Hall–Kier alpha value is -1.46. The quantitative estimate of drug-likeness (QED) is 0.753. The van der Waals surface area contributed by atoms with Crippen molar-refractivity contribution in [3.63, 3.8) is 0 Å². The average Bonchev–Trinajstić information content (AvgIpc) is 2.16. The molecule has 0 aliphatic carbocycles. The molecule has 0 spiro atoms. The molecule has 94 valence electrons. The molecule has 17 heavy (non-hydrogen) atoms. The summed E-state index contributed by atoms with van der Waals surface area (Å²) in [6.45, 7) is 0.740. The average molecular weight is 252 g/mol. The van der Waals surface area contributed by atoms with Crippen molar-refractivity contribution in [2.45, 2.75) is 25.4 Å². The lowest BCUT2D eigenvalue weighted by Crippen LogP contribution is -2.28. The fourth-order valence-corrected chi connectivity index (χ4v) is 1.19. The summed E-state index contributed by atoms with van der Waals surface area (Å²) in [5.41, 5.74) is -0.925. The van der Waals surface area contributed by atoms with Crippen molar-refractivity contribution in [3.05, 3.63) is 35.4 Å². The van der Waals surface area contributed by atoms with Crippen LogP contribution in [0.5, 0.6) is 0 Å². The Balaban J connectivity index is 2.86. The zero-order valence-electron chi connectivity index (χ0n) is 8.81. The van der Waals surface area contributed by atoms with Crippen molar-refractivity contribution in [1.82, 2.24) is 0 Å². The minimum Gasteiger partial charge on any atom is -0.293 e. The molecule has 6 heteroatoms. The highest BCUT2D eigenvalue weighted by atomic mass is 19.4. The van der Waals surface area contributed by atoms with Gasteiger partial charge in [-0.25, -0.2) is 0 Å². The molecule has 0 amide bonds. The Kier molecular flexibility index (Phi) is 3.54. The molecule has 0 aliphatic heterocycles. The fraction of sp³-hybridized carbons (Fsp3) is 0.364. The van der Waals surface area contributed by atoms with E-state index < -0.39 is 29.9 Å². The SMILES string of the molecule is CC(=O)C(F)(F)Cc1ccc(C(F)(F)F)cc1. The van der Waals surface area contributed by atoms with Crippen molar-refractivity contribution in [1.29, 1.82) is 0 Å². The van der Waals surface area contributed by atoms with Crippen molar-refractivity contribution < 1.29 is 26.7 Å². The van der Waals surface area contributed by atoms with Gasteiger partial charge in [0.2, 0.25) is 0 Å². The molecule has 1 rings (SSSR count). The monoisotopic (exact) mass is 252 g/mol. The number of hydrogen-bond donors (Lipinski definition) is 0. The van der Waals surface area contributed by atoms with E-state index in [9.17, 15) is 26.7 Å². The van der Waals surface area contributed by atoms with Crippen LogP contribution in [-0.2, 0) is 17.4 Å². The number of carbonyl (C=O) groups is 1. The van der Waals surface area contributed by atoms with Crippen LogP contribution >= 0.6 is 0 Å². The third kappa shape index (κ3) is 3.51. The maximum absolute atomic E-state index is 13.0. The highest BCUT2D eigenvalue weighted by molar-refractivity contribution is 5.83. The highest BCUT2D eigenvalue weighted by Crippen LogP contribution is 2.30. The molecule has 0 saturated carbocycles. The molecule has 1 aromatic rings. The second-order valence-electron chi connectivity index (χ2n) is 3.63. The van der Waals surface area contributed by atoms with Gasteiger partial charge in [0.1, 0.15) is 0 Å². The smallest absolute Gasteiger partial charge is 0.293 e. The van der Waals surface area contributed by atoms with E-state index in [1.165, 1.54) is 0 Å². The number of Topliss-reactive ketones (excluding diaryl/α,β-unsaturated/α-hetero) is 1. The van der Waals surface area contributed by atoms with Gasteiger partial charge < -0.3 is 0 Å². The first-order valence-corrected chi connectivity index (χ1v) is 4.68. The van der Waals surface area contributed by atoms with Crippen LogP contribution in [0.25, 0.3) is 0 Å². The fourth-order valence-electron chi connectivity index (χ4n) is 1.19. The third-order valence-corrected chi connectivity index (χ3v) is 2.22. The largest absolute Gasteiger partial charge is 0.416 e. The van der Waals surface area contributed by atoms with Gasteiger partial charge in [0, 0.05) is 13.3 Å². The van der Waals surface area contributed by atoms with E-state index in [2.05, 4.69) is 0 Å². The molecule has 0 bridgehead atoms. The van der Waals surface area contributed by atoms with Gasteiger partial charge in [-0.1, -0.05) is 12.1 Å². The van der Waals surface area contributed by atoms with Gasteiger partial charge in [0.25, 0.3) is 0 Å². The van der Waals surface area contributed by atoms with E-state index in [-0.39, 0.29) is 5.56 Å². The van der Waals surface area contributed by atoms with Gasteiger partial charge in [0.05, 0.1) is 5.56 Å². The Labute approximate surface area is 94.2 Å². The lowest BCUT2D eigenvalue weighted by atomic mass is 10.0. The Bertz CT molecular complexity index is 405. The van der Waals surface area contributed by atoms with Crippen LogP contribution in [0.3, 0.4) is 0 Å². The summed E-state index contributed by atoms with van der Waals surface area (Å²) in [4.78, 5) is 10.6. The van der Waals surface area contributed by atoms with Crippen molar-refractivity contribution in [2.24, 2.45) is 0 Å². The molecular formula is C11H9F5O. The van der Waals surface area contributed by atoms with Gasteiger partial charge >= 0.3 is 12.1 Å². The molecule has 0 unspecified atom stereocenters. The molecule has 0 fully saturated rings. The first kappa shape index (κ1) is 13.6. The van der Waals surface area contributed by atoms with Crippen LogP contribution in [0.1, 0.15) is 18.1 Å². The normalized spacial score (nSPS) is 12.6. The summed E-state index contributed by atoms with van der Waals surface area (Å²) in [7, 11) is 0. The maximum atomic E-state index is 13.0. The number of ketones is 1. The highest BCUT2D eigenvalue weighted by Gasteiger charge is 2.35. The van der Waals surface area contributed by atoms with E-state index in [1.54, 1.807) is 0 Å². The van der Waals surface area contributed by atoms with Crippen LogP contribution in [0.2, 0.25) is 0 Å². The predicted octanol–water partition coefficient (Wildman–Crippen LogP) is 3.47. The summed E-state index contributed by atoms with van der Waals surface area (Å²) < 4.78 is 62.5. The molecule has 0 heterocycles. The van der Waals surface area contributed by atoms with Gasteiger partial charge in [-0.2, -0.15) is 22.0 Å². The first-order valence-electron chi connectivity index (χ1n) is 4.68. The zero-order valence-corrected chi connectivity index (χ0v) is 8.81. The van der Waals surface area contributed by atoms with E-state index in [4.69, 9.17) is 0 Å². The second kappa shape index (κ2) is 4.43. The number of alkyl halides is 5. The van der Waals surface area contributed by atoms with Crippen LogP contribution in [0, 0.1) is 0 Å². The summed E-state index contributed by atoms with van der Waals surface area (Å²) in [5.74, 6) is -4.85. The minimum absolute atomic E-state index is 0.0156. The van der Waals surface area contributed by atoms with E-state index >= 15 is 0 Å². The van der Waals surface area contributed by atoms with E-state index in [1.807, 2.05) is 0 Å². The Morgan fingerprint density at radius 2 is 1.53 bits per heavy atom. The molecule has 0 N–H and O–H groups in total. The lowest BCUT2D eigenvalue weighted by Gasteiger charge is -2.13.